The third kappa shape index (κ3) is 5.13. The maximum absolute atomic E-state index is 13.0. The minimum atomic E-state index is 0.00725. The lowest BCUT2D eigenvalue weighted by Crippen LogP contribution is -2.46. The predicted molar refractivity (Wildman–Crippen MR) is 126 cm³/mol. The number of ether oxygens (including phenoxy) is 1. The average molecular weight is 423 g/mol. The number of anilines is 2. The van der Waals surface area contributed by atoms with Crippen LogP contribution < -0.4 is 15.0 Å². The van der Waals surface area contributed by atoms with Gasteiger partial charge in [0.05, 0.1) is 18.5 Å². The topological polar surface area (TPSA) is 48.0 Å². The van der Waals surface area contributed by atoms with E-state index < -0.39 is 0 Å². The highest BCUT2D eigenvalue weighted by Crippen LogP contribution is 2.31. The molecular formula is C25H34N4O2. The van der Waals surface area contributed by atoms with Crippen molar-refractivity contribution < 1.29 is 9.53 Å². The summed E-state index contributed by atoms with van der Waals surface area (Å²) in [6, 6.07) is 16.5. The Morgan fingerprint density at radius 1 is 0.968 bits per heavy atom. The van der Waals surface area contributed by atoms with E-state index >= 15 is 0 Å². The van der Waals surface area contributed by atoms with E-state index in [-0.39, 0.29) is 6.03 Å². The van der Waals surface area contributed by atoms with Gasteiger partial charge in [0.1, 0.15) is 5.75 Å². The molecule has 6 heteroatoms. The predicted octanol–water partition coefficient (Wildman–Crippen LogP) is 4.25. The Morgan fingerprint density at radius 2 is 1.65 bits per heavy atom. The van der Waals surface area contributed by atoms with Crippen molar-refractivity contribution in [3.05, 3.63) is 54.1 Å². The summed E-state index contributed by atoms with van der Waals surface area (Å²) >= 11 is 0. The molecule has 6 nitrogen and oxygen atoms in total. The maximum atomic E-state index is 13.0. The lowest BCUT2D eigenvalue weighted by molar-refractivity contribution is 0.194. The molecule has 1 N–H and O–H groups in total. The Bertz CT molecular complexity index is 854. The molecule has 0 aromatic heterocycles. The van der Waals surface area contributed by atoms with Gasteiger partial charge in [-0.25, -0.2) is 4.79 Å². The summed E-state index contributed by atoms with van der Waals surface area (Å²) in [5, 5.41) is 3.19. The Morgan fingerprint density at radius 3 is 2.29 bits per heavy atom. The first-order valence-corrected chi connectivity index (χ1v) is 11.4. The SMILES string of the molecule is CCN1CCN(c2ccccc2NC(=O)N2CCC(c3ccc(OC)cc3)CC2)CC1. The van der Waals surface area contributed by atoms with Crippen LogP contribution in [0.1, 0.15) is 31.2 Å². The highest BCUT2D eigenvalue weighted by molar-refractivity contribution is 5.93. The van der Waals surface area contributed by atoms with E-state index in [9.17, 15) is 4.79 Å². The molecule has 4 rings (SSSR count). The Labute approximate surface area is 185 Å². The lowest BCUT2D eigenvalue weighted by Gasteiger charge is -2.37. The van der Waals surface area contributed by atoms with Crippen LogP contribution in [-0.4, -0.2) is 68.8 Å². The first kappa shape index (κ1) is 21.5. The number of methoxy groups -OCH3 is 1. The molecule has 2 saturated heterocycles. The Balaban J connectivity index is 1.34. The molecular weight excluding hydrogens is 388 g/mol. The van der Waals surface area contributed by atoms with Crippen molar-refractivity contribution in [2.45, 2.75) is 25.7 Å². The molecule has 0 unspecified atom stereocenters. The smallest absolute Gasteiger partial charge is 0.321 e. The van der Waals surface area contributed by atoms with Crippen LogP contribution in [0.3, 0.4) is 0 Å². The van der Waals surface area contributed by atoms with Gasteiger partial charge in [-0.15, -0.1) is 0 Å². The lowest BCUT2D eigenvalue weighted by atomic mass is 9.89. The van der Waals surface area contributed by atoms with Gasteiger partial charge in [-0.05, 0) is 55.1 Å². The molecule has 2 aliphatic rings. The third-order valence-corrected chi connectivity index (χ3v) is 6.68. The van der Waals surface area contributed by atoms with Gasteiger partial charge in [0.2, 0.25) is 0 Å². The van der Waals surface area contributed by atoms with Crippen molar-refractivity contribution in [2.24, 2.45) is 0 Å². The number of benzene rings is 2. The standard InChI is InChI=1S/C25H34N4O2/c1-3-27-16-18-28(19-17-27)24-7-5-4-6-23(24)26-25(30)29-14-12-21(13-15-29)20-8-10-22(31-2)11-9-20/h4-11,21H,3,12-19H2,1-2H3,(H,26,30). The normalized spacial score (nSPS) is 18.1. The molecule has 2 heterocycles. The van der Waals surface area contributed by atoms with Crippen LogP contribution in [0, 0.1) is 0 Å². The Kier molecular flexibility index (Phi) is 6.97. The average Bonchev–Trinajstić information content (AvgIpc) is 2.84. The molecule has 0 spiro atoms. The second-order valence-corrected chi connectivity index (χ2v) is 8.40. The number of urea groups is 1. The molecule has 2 fully saturated rings. The number of amides is 2. The largest absolute Gasteiger partial charge is 0.497 e. The monoisotopic (exact) mass is 422 g/mol. The van der Waals surface area contributed by atoms with Crippen molar-refractivity contribution in [2.75, 3.05) is 63.1 Å². The first-order valence-electron chi connectivity index (χ1n) is 11.4. The molecule has 0 saturated carbocycles. The number of piperazine rings is 1. The second-order valence-electron chi connectivity index (χ2n) is 8.40. The number of piperidine rings is 1. The number of hydrogen-bond acceptors (Lipinski definition) is 4. The fourth-order valence-corrected chi connectivity index (χ4v) is 4.65. The summed E-state index contributed by atoms with van der Waals surface area (Å²) in [5.74, 6) is 1.38. The summed E-state index contributed by atoms with van der Waals surface area (Å²) in [7, 11) is 1.69. The van der Waals surface area contributed by atoms with Crippen LogP contribution >= 0.6 is 0 Å². The van der Waals surface area contributed by atoms with Crippen LogP contribution in [0.4, 0.5) is 16.2 Å². The van der Waals surface area contributed by atoms with Gasteiger partial charge in [-0.1, -0.05) is 31.2 Å². The van der Waals surface area contributed by atoms with Crippen LogP contribution in [0.5, 0.6) is 5.75 Å². The molecule has 0 radical (unpaired) electrons. The molecule has 166 valence electrons. The van der Waals surface area contributed by atoms with Crippen LogP contribution in [0.15, 0.2) is 48.5 Å². The van der Waals surface area contributed by atoms with Crippen molar-refractivity contribution in [1.82, 2.24) is 9.80 Å². The Hall–Kier alpha value is -2.73. The molecule has 2 aromatic carbocycles. The van der Waals surface area contributed by atoms with E-state index in [1.165, 1.54) is 5.56 Å². The summed E-state index contributed by atoms with van der Waals surface area (Å²) in [5.41, 5.74) is 3.37. The highest BCUT2D eigenvalue weighted by atomic mass is 16.5. The molecule has 0 bridgehead atoms. The number of nitrogens with one attached hydrogen (secondary N) is 1. The molecule has 0 aliphatic carbocycles. The number of hydrogen-bond donors (Lipinski definition) is 1. The minimum absolute atomic E-state index is 0.00725. The van der Waals surface area contributed by atoms with Gasteiger partial charge >= 0.3 is 6.03 Å². The zero-order valence-electron chi connectivity index (χ0n) is 18.7. The number of carbonyl (C=O) groups excluding carboxylic acids is 1. The van der Waals surface area contributed by atoms with Crippen molar-refractivity contribution in [3.8, 4) is 5.75 Å². The van der Waals surface area contributed by atoms with E-state index in [1.807, 2.05) is 29.2 Å². The number of nitrogens with zero attached hydrogens (tertiary/aromatic N) is 3. The third-order valence-electron chi connectivity index (χ3n) is 6.68. The van der Waals surface area contributed by atoms with Crippen molar-refractivity contribution in [1.29, 1.82) is 0 Å². The van der Waals surface area contributed by atoms with Crippen LogP contribution in [0.2, 0.25) is 0 Å². The maximum Gasteiger partial charge on any atom is 0.321 e. The van der Waals surface area contributed by atoms with E-state index in [1.54, 1.807) is 7.11 Å². The van der Waals surface area contributed by atoms with Gasteiger partial charge in [0, 0.05) is 39.3 Å². The van der Waals surface area contributed by atoms with Crippen molar-refractivity contribution >= 4 is 17.4 Å². The number of para-hydroxylation sites is 2. The fraction of sp³-hybridized carbons (Fsp3) is 0.480. The van der Waals surface area contributed by atoms with E-state index in [4.69, 9.17) is 4.74 Å². The van der Waals surface area contributed by atoms with Crippen molar-refractivity contribution in [3.63, 3.8) is 0 Å². The van der Waals surface area contributed by atoms with E-state index in [2.05, 4.69) is 46.3 Å². The zero-order chi connectivity index (χ0) is 21.6. The molecule has 31 heavy (non-hydrogen) atoms. The minimum Gasteiger partial charge on any atom is -0.497 e. The van der Waals surface area contributed by atoms with Crippen LogP contribution in [0.25, 0.3) is 0 Å². The van der Waals surface area contributed by atoms with Gasteiger partial charge < -0.3 is 24.8 Å². The van der Waals surface area contributed by atoms with E-state index in [0.29, 0.717) is 5.92 Å². The van der Waals surface area contributed by atoms with Crippen LogP contribution in [-0.2, 0) is 0 Å². The second kappa shape index (κ2) is 10.1. The summed E-state index contributed by atoms with van der Waals surface area (Å²) in [6.45, 7) is 8.98. The quantitative estimate of drug-likeness (QED) is 0.783. The van der Waals surface area contributed by atoms with Gasteiger partial charge in [-0.3, -0.25) is 0 Å². The molecule has 2 aliphatic heterocycles. The summed E-state index contributed by atoms with van der Waals surface area (Å²) < 4.78 is 5.26. The zero-order valence-corrected chi connectivity index (χ0v) is 18.7. The molecule has 2 aromatic rings. The fourth-order valence-electron chi connectivity index (χ4n) is 4.65. The highest BCUT2D eigenvalue weighted by Gasteiger charge is 2.25. The number of rotatable bonds is 5. The van der Waals surface area contributed by atoms with Gasteiger partial charge in [-0.2, -0.15) is 0 Å². The van der Waals surface area contributed by atoms with Gasteiger partial charge in [0.25, 0.3) is 0 Å². The first-order chi connectivity index (χ1) is 15.2. The number of likely N-dealkylation sites (tertiary alicyclic amines) is 1. The van der Waals surface area contributed by atoms with Gasteiger partial charge in [0.15, 0.2) is 0 Å². The molecule has 2 amide bonds. The summed E-state index contributed by atoms with van der Waals surface area (Å²) in [6.07, 6.45) is 1.97. The van der Waals surface area contributed by atoms with E-state index in [0.717, 1.165) is 75.8 Å². The molecule has 0 atom stereocenters. The summed E-state index contributed by atoms with van der Waals surface area (Å²) in [4.78, 5) is 19.8. The number of likely N-dealkylation sites (N-methyl/N-ethyl adjacent to an activating group) is 1. The number of carbonyl (C=O) groups is 1.